The van der Waals surface area contributed by atoms with Gasteiger partial charge in [-0.2, -0.15) is 0 Å². The molecule has 2 aromatic heterocycles. The fraction of sp³-hybridized carbons (Fsp3) is 0.500. The van der Waals surface area contributed by atoms with Crippen LogP contribution >= 0.6 is 0 Å². The van der Waals surface area contributed by atoms with E-state index < -0.39 is 5.41 Å². The molecule has 1 amide bonds. The first-order valence-corrected chi connectivity index (χ1v) is 10.4. The Kier molecular flexibility index (Phi) is 5.50. The van der Waals surface area contributed by atoms with Crippen molar-refractivity contribution in [3.05, 3.63) is 42.0 Å². The van der Waals surface area contributed by atoms with Crippen molar-refractivity contribution in [3.8, 4) is 11.3 Å². The first kappa shape index (κ1) is 19.8. The van der Waals surface area contributed by atoms with E-state index in [0.29, 0.717) is 35.6 Å². The van der Waals surface area contributed by atoms with E-state index in [1.165, 1.54) is 6.20 Å². The number of hydrogen-bond donors (Lipinski definition) is 3. The van der Waals surface area contributed by atoms with Crippen molar-refractivity contribution in [2.75, 3.05) is 11.9 Å². The Morgan fingerprint density at radius 1 is 1.24 bits per heavy atom. The van der Waals surface area contributed by atoms with Crippen molar-refractivity contribution in [2.45, 2.75) is 51.0 Å². The van der Waals surface area contributed by atoms with E-state index in [-0.39, 0.29) is 11.7 Å². The molecule has 0 spiro atoms. The first-order chi connectivity index (χ1) is 13.9. The van der Waals surface area contributed by atoms with Crippen molar-refractivity contribution in [3.63, 3.8) is 0 Å². The number of carbonyl (C=O) groups excluding carboxylic acids is 1. The molecule has 0 bridgehead atoms. The minimum absolute atomic E-state index is 0.283. The Morgan fingerprint density at radius 3 is 2.69 bits per heavy atom. The Morgan fingerprint density at radius 2 is 2.00 bits per heavy atom. The van der Waals surface area contributed by atoms with Gasteiger partial charge >= 0.3 is 0 Å². The number of halogens is 1. The van der Waals surface area contributed by atoms with Gasteiger partial charge in [-0.05, 0) is 69.1 Å². The van der Waals surface area contributed by atoms with Crippen molar-refractivity contribution < 1.29 is 9.18 Å². The third kappa shape index (κ3) is 4.56. The number of pyridine rings is 2. The van der Waals surface area contributed by atoms with Crippen molar-refractivity contribution >= 4 is 11.7 Å². The van der Waals surface area contributed by atoms with E-state index in [9.17, 15) is 9.18 Å². The molecular weight excluding hydrogens is 369 g/mol. The molecule has 2 aliphatic carbocycles. The molecular formula is C22H28FN5O. The zero-order valence-corrected chi connectivity index (χ0v) is 16.5. The van der Waals surface area contributed by atoms with E-state index in [2.05, 4.69) is 15.3 Å². The summed E-state index contributed by atoms with van der Waals surface area (Å²) in [6.45, 7) is 0.451. The van der Waals surface area contributed by atoms with Gasteiger partial charge in [-0.25, -0.2) is 9.37 Å². The van der Waals surface area contributed by atoms with Crippen LogP contribution in [0.1, 0.15) is 44.2 Å². The Bertz CT molecular complexity index is 891. The van der Waals surface area contributed by atoms with Crippen LogP contribution in [0.25, 0.3) is 11.3 Å². The maximum Gasteiger partial charge on any atom is 0.225 e. The van der Waals surface area contributed by atoms with Gasteiger partial charge in [-0.15, -0.1) is 0 Å². The maximum atomic E-state index is 14.5. The second-order valence-corrected chi connectivity index (χ2v) is 8.55. The molecule has 2 aromatic rings. The molecule has 0 atom stereocenters. The summed E-state index contributed by atoms with van der Waals surface area (Å²) in [4.78, 5) is 20.4. The lowest BCUT2D eigenvalue weighted by molar-refractivity contribution is -0.122. The minimum Gasteiger partial charge on any atom is -0.369 e. The molecule has 0 radical (unpaired) electrons. The summed E-state index contributed by atoms with van der Waals surface area (Å²) in [5.41, 5.74) is 12.9. The van der Waals surface area contributed by atoms with Gasteiger partial charge in [0.1, 0.15) is 5.82 Å². The Labute approximate surface area is 170 Å². The van der Waals surface area contributed by atoms with Gasteiger partial charge in [-0.3, -0.25) is 9.78 Å². The summed E-state index contributed by atoms with van der Waals surface area (Å²) in [7, 11) is 0. The standard InChI is InChI=1S/C22H28FN5O/c23-18-12-26-16(10-14-4-6-15(24)7-5-14)11-17(18)19-2-1-3-20(28-19)27-13-22(8-9-22)21(25)29/h1-3,11-12,14-15H,4-10,13,24H2,(H2,25,29)(H,27,28). The summed E-state index contributed by atoms with van der Waals surface area (Å²) in [6, 6.07) is 7.55. The Hall–Kier alpha value is -2.54. The van der Waals surface area contributed by atoms with Crippen LogP contribution in [0.4, 0.5) is 10.2 Å². The SMILES string of the molecule is NC(=O)C1(CNc2cccc(-c3cc(CC4CCC(N)CC4)ncc3F)n2)CC1. The summed E-state index contributed by atoms with van der Waals surface area (Å²) >= 11 is 0. The number of primary amides is 1. The highest BCUT2D eigenvalue weighted by Gasteiger charge is 2.48. The van der Waals surface area contributed by atoms with E-state index >= 15 is 0 Å². The van der Waals surface area contributed by atoms with Crippen molar-refractivity contribution in [1.82, 2.24) is 9.97 Å². The summed E-state index contributed by atoms with van der Waals surface area (Å²) in [5.74, 6) is 0.480. The lowest BCUT2D eigenvalue weighted by atomic mass is 9.83. The Balaban J connectivity index is 1.48. The van der Waals surface area contributed by atoms with Crippen LogP contribution in [-0.2, 0) is 11.2 Å². The quantitative estimate of drug-likeness (QED) is 0.666. The largest absolute Gasteiger partial charge is 0.369 e. The number of anilines is 1. The van der Waals surface area contributed by atoms with E-state index in [4.69, 9.17) is 11.5 Å². The molecule has 7 heteroatoms. The molecule has 2 aliphatic rings. The van der Waals surface area contributed by atoms with Gasteiger partial charge < -0.3 is 16.8 Å². The van der Waals surface area contributed by atoms with Crippen LogP contribution in [-0.4, -0.2) is 28.5 Å². The number of carbonyl (C=O) groups is 1. The number of nitrogens with one attached hydrogen (secondary N) is 1. The average molecular weight is 397 g/mol. The molecule has 0 aliphatic heterocycles. The second kappa shape index (κ2) is 8.06. The normalized spacial score (nSPS) is 22.8. The van der Waals surface area contributed by atoms with E-state index in [1.807, 2.05) is 18.2 Å². The number of nitrogens with zero attached hydrogens (tertiary/aromatic N) is 2. The molecule has 29 heavy (non-hydrogen) atoms. The van der Waals surface area contributed by atoms with Gasteiger partial charge in [-0.1, -0.05) is 6.07 Å². The molecule has 2 heterocycles. The minimum atomic E-state index is -0.463. The van der Waals surface area contributed by atoms with Crippen molar-refractivity contribution in [1.29, 1.82) is 0 Å². The molecule has 0 saturated heterocycles. The highest BCUT2D eigenvalue weighted by Crippen LogP contribution is 2.45. The van der Waals surface area contributed by atoms with Crippen LogP contribution < -0.4 is 16.8 Å². The predicted octanol–water partition coefficient (Wildman–Crippen LogP) is 3.02. The third-order valence-corrected chi connectivity index (χ3v) is 6.31. The molecule has 0 unspecified atom stereocenters. The molecule has 154 valence electrons. The lowest BCUT2D eigenvalue weighted by Gasteiger charge is -2.25. The number of nitrogens with two attached hydrogens (primary N) is 2. The molecule has 4 rings (SSSR count). The van der Waals surface area contributed by atoms with Crippen LogP contribution in [0.3, 0.4) is 0 Å². The second-order valence-electron chi connectivity index (χ2n) is 8.55. The van der Waals surface area contributed by atoms with E-state index in [0.717, 1.165) is 50.6 Å². The average Bonchev–Trinajstić information content (AvgIpc) is 3.51. The lowest BCUT2D eigenvalue weighted by Crippen LogP contribution is -2.31. The molecule has 6 nitrogen and oxygen atoms in total. The number of aromatic nitrogens is 2. The van der Waals surface area contributed by atoms with Crippen LogP contribution in [0.5, 0.6) is 0 Å². The van der Waals surface area contributed by atoms with Crippen LogP contribution in [0, 0.1) is 17.2 Å². The van der Waals surface area contributed by atoms with Gasteiger partial charge in [0.2, 0.25) is 5.91 Å². The van der Waals surface area contributed by atoms with Gasteiger partial charge in [0.05, 0.1) is 17.3 Å². The maximum absolute atomic E-state index is 14.5. The molecule has 5 N–H and O–H groups in total. The van der Waals surface area contributed by atoms with Gasteiger partial charge in [0.15, 0.2) is 5.82 Å². The van der Waals surface area contributed by atoms with Gasteiger partial charge in [0, 0.05) is 23.8 Å². The van der Waals surface area contributed by atoms with Crippen LogP contribution in [0.2, 0.25) is 0 Å². The molecule has 2 saturated carbocycles. The topological polar surface area (TPSA) is 107 Å². The zero-order valence-electron chi connectivity index (χ0n) is 16.5. The summed E-state index contributed by atoms with van der Waals surface area (Å²) in [6.07, 6.45) is 7.98. The fourth-order valence-corrected chi connectivity index (χ4v) is 4.08. The summed E-state index contributed by atoms with van der Waals surface area (Å²) in [5, 5.41) is 3.18. The molecule has 0 aromatic carbocycles. The number of amides is 1. The predicted molar refractivity (Wildman–Crippen MR) is 110 cm³/mol. The first-order valence-electron chi connectivity index (χ1n) is 10.4. The van der Waals surface area contributed by atoms with Crippen LogP contribution in [0.15, 0.2) is 30.5 Å². The highest BCUT2D eigenvalue weighted by molar-refractivity contribution is 5.84. The fourth-order valence-electron chi connectivity index (χ4n) is 4.08. The van der Waals surface area contributed by atoms with Crippen molar-refractivity contribution in [2.24, 2.45) is 22.8 Å². The van der Waals surface area contributed by atoms with Gasteiger partial charge in [0.25, 0.3) is 0 Å². The monoisotopic (exact) mass is 397 g/mol. The highest BCUT2D eigenvalue weighted by atomic mass is 19.1. The number of rotatable bonds is 7. The molecule has 2 fully saturated rings. The third-order valence-electron chi connectivity index (χ3n) is 6.31. The smallest absolute Gasteiger partial charge is 0.225 e. The number of hydrogen-bond acceptors (Lipinski definition) is 5. The zero-order chi connectivity index (χ0) is 20.4. The van der Waals surface area contributed by atoms with E-state index in [1.54, 1.807) is 6.07 Å². The summed E-state index contributed by atoms with van der Waals surface area (Å²) < 4.78 is 14.5.